The van der Waals surface area contributed by atoms with Gasteiger partial charge in [0.15, 0.2) is 5.69 Å². The van der Waals surface area contributed by atoms with E-state index in [4.69, 9.17) is 21.6 Å². The number of halogens is 2. The summed E-state index contributed by atoms with van der Waals surface area (Å²) >= 11 is 5.94. The first-order chi connectivity index (χ1) is 14.2. The number of rotatable bonds is 5. The second-order valence-corrected chi connectivity index (χ2v) is 8.00. The topological polar surface area (TPSA) is 127 Å². The SMILES string of the molecule is COc1ccc(Cl)c(S(=O)(=O)NC(=O)c2nnn(-c3ccc(C#N)cc3F)c2C)c1. The maximum Gasteiger partial charge on any atom is 0.287 e. The van der Waals surface area contributed by atoms with Crippen molar-refractivity contribution in [1.29, 1.82) is 5.26 Å². The molecular formula is C18H13ClFN5O4S. The number of ether oxygens (including phenoxy) is 1. The number of amides is 1. The van der Waals surface area contributed by atoms with E-state index in [2.05, 4.69) is 10.3 Å². The third-order valence-corrected chi connectivity index (χ3v) is 5.88. The van der Waals surface area contributed by atoms with Gasteiger partial charge in [-0.25, -0.2) is 22.2 Å². The van der Waals surface area contributed by atoms with E-state index in [9.17, 15) is 17.6 Å². The van der Waals surface area contributed by atoms with Gasteiger partial charge in [-0.15, -0.1) is 5.10 Å². The van der Waals surface area contributed by atoms with Crippen LogP contribution in [0.2, 0.25) is 5.02 Å². The first-order valence-corrected chi connectivity index (χ1v) is 10.1. The van der Waals surface area contributed by atoms with Crippen LogP contribution in [0, 0.1) is 24.1 Å². The van der Waals surface area contributed by atoms with Crippen LogP contribution in [0.4, 0.5) is 4.39 Å². The standard InChI is InChI=1S/C18H13ClFN5O4S/c1-10-17(22-24-25(10)15-6-3-11(9-21)7-14(15)20)18(26)23-30(27,28)16-8-12(29-2)4-5-13(16)19/h3-8H,1-2H3,(H,23,26). The molecule has 3 rings (SSSR count). The molecule has 0 aliphatic heterocycles. The molecular weight excluding hydrogens is 437 g/mol. The van der Waals surface area contributed by atoms with Crippen LogP contribution in [-0.2, 0) is 10.0 Å². The minimum absolute atomic E-state index is 0.0586. The molecule has 0 saturated heterocycles. The summed E-state index contributed by atoms with van der Waals surface area (Å²) in [4.78, 5) is 12.2. The van der Waals surface area contributed by atoms with E-state index in [0.717, 1.165) is 16.8 Å². The van der Waals surface area contributed by atoms with Gasteiger partial charge in [0.2, 0.25) is 0 Å². The molecule has 154 valence electrons. The zero-order valence-electron chi connectivity index (χ0n) is 15.6. The molecule has 12 heteroatoms. The minimum Gasteiger partial charge on any atom is -0.497 e. The molecule has 0 atom stereocenters. The van der Waals surface area contributed by atoms with E-state index in [1.807, 2.05) is 4.72 Å². The van der Waals surface area contributed by atoms with Crippen LogP contribution in [0.15, 0.2) is 41.3 Å². The van der Waals surface area contributed by atoms with Crippen molar-refractivity contribution in [3.05, 3.63) is 64.2 Å². The second kappa shape index (κ2) is 8.10. The Bertz CT molecular complexity index is 1300. The van der Waals surface area contributed by atoms with Crippen LogP contribution in [-0.4, -0.2) is 36.4 Å². The fraction of sp³-hybridized carbons (Fsp3) is 0.111. The van der Waals surface area contributed by atoms with E-state index in [1.54, 1.807) is 6.07 Å². The van der Waals surface area contributed by atoms with Crippen molar-refractivity contribution >= 4 is 27.5 Å². The number of nitrogens with zero attached hydrogens (tertiary/aromatic N) is 4. The van der Waals surface area contributed by atoms with Gasteiger partial charge < -0.3 is 4.74 Å². The largest absolute Gasteiger partial charge is 0.497 e. The van der Waals surface area contributed by atoms with Crippen molar-refractivity contribution < 1.29 is 22.3 Å². The van der Waals surface area contributed by atoms with Crippen LogP contribution in [0.5, 0.6) is 5.75 Å². The summed E-state index contributed by atoms with van der Waals surface area (Å²) in [5, 5.41) is 16.1. The number of sulfonamides is 1. The molecule has 1 amide bonds. The third kappa shape index (κ3) is 3.96. The number of methoxy groups -OCH3 is 1. The van der Waals surface area contributed by atoms with Crippen LogP contribution < -0.4 is 9.46 Å². The van der Waals surface area contributed by atoms with Crippen LogP contribution in [0.3, 0.4) is 0 Å². The van der Waals surface area contributed by atoms with Gasteiger partial charge in [0.05, 0.1) is 29.5 Å². The fourth-order valence-corrected chi connectivity index (χ4v) is 4.03. The molecule has 0 unspecified atom stereocenters. The summed E-state index contributed by atoms with van der Waals surface area (Å²) in [7, 11) is -3.01. The molecule has 0 saturated carbocycles. The molecule has 0 spiro atoms. The van der Waals surface area contributed by atoms with Crippen molar-refractivity contribution in [2.24, 2.45) is 0 Å². The van der Waals surface area contributed by atoms with Gasteiger partial charge in [0.25, 0.3) is 15.9 Å². The molecule has 0 radical (unpaired) electrons. The lowest BCUT2D eigenvalue weighted by Crippen LogP contribution is -2.31. The second-order valence-electron chi connectivity index (χ2n) is 5.94. The predicted octanol–water partition coefficient (Wildman–Crippen LogP) is 2.37. The van der Waals surface area contributed by atoms with E-state index < -0.39 is 21.7 Å². The van der Waals surface area contributed by atoms with E-state index in [0.29, 0.717) is 0 Å². The van der Waals surface area contributed by atoms with Crippen molar-refractivity contribution in [2.75, 3.05) is 7.11 Å². The first kappa shape index (κ1) is 21.2. The van der Waals surface area contributed by atoms with Gasteiger partial charge >= 0.3 is 0 Å². The molecule has 30 heavy (non-hydrogen) atoms. The highest BCUT2D eigenvalue weighted by molar-refractivity contribution is 7.90. The number of hydrogen-bond donors (Lipinski definition) is 1. The summed E-state index contributed by atoms with van der Waals surface area (Å²) in [5.74, 6) is -1.61. The van der Waals surface area contributed by atoms with Gasteiger partial charge in [-0.1, -0.05) is 16.8 Å². The van der Waals surface area contributed by atoms with E-state index >= 15 is 0 Å². The molecule has 2 aromatic carbocycles. The Kier molecular flexibility index (Phi) is 5.73. The smallest absolute Gasteiger partial charge is 0.287 e. The molecule has 1 heterocycles. The Morgan fingerprint density at radius 1 is 1.30 bits per heavy atom. The highest BCUT2D eigenvalue weighted by atomic mass is 35.5. The van der Waals surface area contributed by atoms with Gasteiger partial charge in [-0.3, -0.25) is 4.79 Å². The summed E-state index contributed by atoms with van der Waals surface area (Å²) < 4.78 is 47.3. The Hall–Kier alpha value is -3.49. The predicted molar refractivity (Wildman–Crippen MR) is 103 cm³/mol. The highest BCUT2D eigenvalue weighted by Crippen LogP contribution is 2.26. The Balaban J connectivity index is 1.93. The summed E-state index contributed by atoms with van der Waals surface area (Å²) in [6.45, 7) is 1.41. The molecule has 0 bridgehead atoms. The molecule has 0 aliphatic carbocycles. The maximum atomic E-state index is 14.3. The van der Waals surface area contributed by atoms with E-state index in [-0.39, 0.29) is 38.3 Å². The van der Waals surface area contributed by atoms with Crippen molar-refractivity contribution in [1.82, 2.24) is 19.7 Å². The molecule has 0 aliphatic rings. The molecule has 1 aromatic heterocycles. The molecule has 0 fully saturated rings. The number of hydrogen-bond acceptors (Lipinski definition) is 7. The average molecular weight is 450 g/mol. The Labute approximate surface area is 175 Å². The quantitative estimate of drug-likeness (QED) is 0.633. The molecule has 9 nitrogen and oxygen atoms in total. The highest BCUT2D eigenvalue weighted by Gasteiger charge is 2.26. The summed E-state index contributed by atoms with van der Waals surface area (Å²) in [5.41, 5.74) is -0.200. The van der Waals surface area contributed by atoms with Crippen molar-refractivity contribution in [2.45, 2.75) is 11.8 Å². The Morgan fingerprint density at radius 3 is 2.67 bits per heavy atom. The number of benzene rings is 2. The summed E-state index contributed by atoms with van der Waals surface area (Å²) in [6.07, 6.45) is 0. The van der Waals surface area contributed by atoms with Crippen LogP contribution in [0.25, 0.3) is 5.69 Å². The zero-order valence-corrected chi connectivity index (χ0v) is 17.1. The molecule has 3 aromatic rings. The number of carbonyl (C=O) groups is 1. The van der Waals surface area contributed by atoms with E-state index in [1.165, 1.54) is 38.3 Å². The van der Waals surface area contributed by atoms with Gasteiger partial charge in [-0.2, -0.15) is 5.26 Å². The van der Waals surface area contributed by atoms with Crippen LogP contribution >= 0.6 is 11.6 Å². The fourth-order valence-electron chi connectivity index (χ4n) is 2.56. The number of aromatic nitrogens is 3. The average Bonchev–Trinajstić information content (AvgIpc) is 3.09. The van der Waals surface area contributed by atoms with Gasteiger partial charge in [0.1, 0.15) is 22.1 Å². The normalized spacial score (nSPS) is 11.0. The summed E-state index contributed by atoms with van der Waals surface area (Å²) in [6, 6.07) is 9.41. The first-order valence-electron chi connectivity index (χ1n) is 8.21. The van der Waals surface area contributed by atoms with Crippen molar-refractivity contribution in [3.63, 3.8) is 0 Å². The van der Waals surface area contributed by atoms with Gasteiger partial charge in [0, 0.05) is 6.07 Å². The Morgan fingerprint density at radius 2 is 2.03 bits per heavy atom. The van der Waals surface area contributed by atoms with Crippen LogP contribution in [0.1, 0.15) is 21.7 Å². The van der Waals surface area contributed by atoms with Gasteiger partial charge in [-0.05, 0) is 37.3 Å². The number of nitriles is 1. The number of nitrogens with one attached hydrogen (secondary N) is 1. The lowest BCUT2D eigenvalue weighted by Gasteiger charge is -2.09. The lowest BCUT2D eigenvalue weighted by molar-refractivity contribution is 0.0976. The number of carbonyl (C=O) groups excluding carboxylic acids is 1. The monoisotopic (exact) mass is 449 g/mol. The maximum absolute atomic E-state index is 14.3. The minimum atomic E-state index is -4.36. The lowest BCUT2D eigenvalue weighted by atomic mass is 10.2. The zero-order chi connectivity index (χ0) is 22.1. The van der Waals surface area contributed by atoms with Crippen molar-refractivity contribution in [3.8, 4) is 17.5 Å². The molecule has 1 N–H and O–H groups in total. The third-order valence-electron chi connectivity index (χ3n) is 4.07.